The molecule has 0 spiro atoms. The molecule has 31 heavy (non-hydrogen) atoms. The molecule has 0 aromatic heterocycles. The van der Waals surface area contributed by atoms with Crippen LogP contribution in [0.15, 0.2) is 23.1 Å². The molecule has 2 fully saturated rings. The lowest BCUT2D eigenvalue weighted by atomic mass is 10.2. The highest BCUT2D eigenvalue weighted by Gasteiger charge is 2.32. The quantitative estimate of drug-likeness (QED) is 0.594. The number of nitrogens with zero attached hydrogens (tertiary/aromatic N) is 3. The second kappa shape index (κ2) is 9.33. The first-order chi connectivity index (χ1) is 14.7. The lowest BCUT2D eigenvalue weighted by molar-refractivity contribution is -0.139. The van der Waals surface area contributed by atoms with Gasteiger partial charge in [0.15, 0.2) is 0 Å². The number of amides is 3. The number of sulfonamides is 1. The molecule has 3 amide bonds. The maximum absolute atomic E-state index is 13.1. The Kier molecular flexibility index (Phi) is 6.97. The lowest BCUT2D eigenvalue weighted by Gasteiger charge is -2.36. The van der Waals surface area contributed by atoms with Crippen LogP contribution in [0.25, 0.3) is 0 Å². The Labute approximate surface area is 182 Å². The van der Waals surface area contributed by atoms with Crippen LogP contribution in [-0.2, 0) is 24.4 Å². The minimum absolute atomic E-state index is 0.0114. The number of carbonyl (C=O) groups excluding carboxylic acids is 3. The highest BCUT2D eigenvalue weighted by Crippen LogP contribution is 2.29. The molecule has 10 nitrogen and oxygen atoms in total. The maximum Gasteiger partial charge on any atom is 0.242 e. The van der Waals surface area contributed by atoms with Gasteiger partial charge in [0.05, 0.1) is 4.90 Å². The van der Waals surface area contributed by atoms with Gasteiger partial charge in [0.1, 0.15) is 6.04 Å². The predicted molar refractivity (Wildman–Crippen MR) is 115 cm³/mol. The van der Waals surface area contributed by atoms with Crippen LogP contribution < -0.4 is 15.4 Å². The zero-order chi connectivity index (χ0) is 22.8. The van der Waals surface area contributed by atoms with Gasteiger partial charge in [-0.15, -0.1) is 0 Å². The van der Waals surface area contributed by atoms with Crippen molar-refractivity contribution in [2.24, 2.45) is 5.73 Å². The van der Waals surface area contributed by atoms with Gasteiger partial charge in [0.2, 0.25) is 27.7 Å². The lowest BCUT2D eigenvalue weighted by Crippen LogP contribution is -2.57. The fraction of sp³-hybridized carbons (Fsp3) is 0.550. The molecule has 2 heterocycles. The van der Waals surface area contributed by atoms with Crippen molar-refractivity contribution in [1.82, 2.24) is 14.5 Å². The fourth-order valence-corrected chi connectivity index (χ4v) is 5.47. The highest BCUT2D eigenvalue weighted by molar-refractivity contribution is 7.89. The van der Waals surface area contributed by atoms with Gasteiger partial charge >= 0.3 is 0 Å². The van der Waals surface area contributed by atoms with Gasteiger partial charge in [-0.3, -0.25) is 14.4 Å². The number of hydrogen-bond donors (Lipinski definition) is 2. The SMILES string of the molecule is CC(=O)N1CCN(C(=O)[C@H](CN)NS(=O)(=O)c2cccc(N3CCCC3=O)c2C)CC1. The average molecular weight is 452 g/mol. The molecule has 1 aromatic rings. The van der Waals surface area contributed by atoms with Crippen LogP contribution in [0.4, 0.5) is 5.69 Å². The van der Waals surface area contributed by atoms with Crippen molar-refractivity contribution in [3.05, 3.63) is 23.8 Å². The summed E-state index contributed by atoms with van der Waals surface area (Å²) in [6.45, 7) is 4.91. The molecule has 1 atom stereocenters. The Morgan fingerprint density at radius 1 is 1.13 bits per heavy atom. The summed E-state index contributed by atoms with van der Waals surface area (Å²) in [6, 6.07) is 3.64. The number of benzene rings is 1. The molecule has 2 aliphatic heterocycles. The summed E-state index contributed by atoms with van der Waals surface area (Å²) in [5.74, 6) is -0.516. The maximum atomic E-state index is 13.1. The number of rotatable bonds is 6. The Bertz CT molecular complexity index is 972. The molecule has 0 radical (unpaired) electrons. The zero-order valence-electron chi connectivity index (χ0n) is 17.8. The van der Waals surface area contributed by atoms with Gasteiger partial charge in [-0.05, 0) is 31.0 Å². The van der Waals surface area contributed by atoms with E-state index in [-0.39, 0.29) is 23.3 Å². The summed E-state index contributed by atoms with van der Waals surface area (Å²) < 4.78 is 28.6. The van der Waals surface area contributed by atoms with Gasteiger partial charge in [-0.25, -0.2) is 8.42 Å². The van der Waals surface area contributed by atoms with E-state index in [0.29, 0.717) is 50.4 Å². The van der Waals surface area contributed by atoms with Crippen LogP contribution in [0.3, 0.4) is 0 Å². The summed E-state index contributed by atoms with van der Waals surface area (Å²) >= 11 is 0. The molecule has 3 N–H and O–H groups in total. The molecule has 0 unspecified atom stereocenters. The van der Waals surface area contributed by atoms with E-state index < -0.39 is 22.0 Å². The standard InChI is InChI=1S/C20H29N5O5S/c1-14-17(25-8-4-7-19(25)27)5-3-6-18(14)31(29,30)22-16(13-21)20(28)24-11-9-23(10-12-24)15(2)26/h3,5-6,16,22H,4,7-13,21H2,1-2H3/t16-/m0/s1. The van der Waals surface area contributed by atoms with Crippen LogP contribution in [0.5, 0.6) is 0 Å². The number of nitrogens with one attached hydrogen (secondary N) is 1. The van der Waals surface area contributed by atoms with Crippen LogP contribution in [0.1, 0.15) is 25.3 Å². The summed E-state index contributed by atoms with van der Waals surface area (Å²) in [6.07, 6.45) is 1.17. The van der Waals surface area contributed by atoms with E-state index in [2.05, 4.69) is 4.72 Å². The minimum Gasteiger partial charge on any atom is -0.339 e. The predicted octanol–water partition coefficient (Wildman–Crippen LogP) is -0.582. The zero-order valence-corrected chi connectivity index (χ0v) is 18.7. The molecule has 2 saturated heterocycles. The third-order valence-corrected chi connectivity index (χ3v) is 7.39. The monoisotopic (exact) mass is 451 g/mol. The van der Waals surface area contributed by atoms with Gasteiger partial charge in [0, 0.05) is 58.3 Å². The van der Waals surface area contributed by atoms with Crippen molar-refractivity contribution in [2.75, 3.05) is 44.2 Å². The summed E-state index contributed by atoms with van der Waals surface area (Å²) in [5.41, 5.74) is 6.74. The smallest absolute Gasteiger partial charge is 0.242 e. The van der Waals surface area contributed by atoms with E-state index >= 15 is 0 Å². The van der Waals surface area contributed by atoms with Crippen LogP contribution in [0.2, 0.25) is 0 Å². The Morgan fingerprint density at radius 3 is 2.32 bits per heavy atom. The molecule has 0 saturated carbocycles. The average Bonchev–Trinajstić information content (AvgIpc) is 3.17. The van der Waals surface area contributed by atoms with Crippen molar-refractivity contribution in [3.8, 4) is 0 Å². The summed E-state index contributed by atoms with van der Waals surface area (Å²) in [7, 11) is -4.06. The van der Waals surface area contributed by atoms with Crippen molar-refractivity contribution < 1.29 is 22.8 Å². The topological polar surface area (TPSA) is 133 Å². The van der Waals surface area contributed by atoms with Crippen molar-refractivity contribution in [3.63, 3.8) is 0 Å². The van der Waals surface area contributed by atoms with Gasteiger partial charge in [-0.1, -0.05) is 6.07 Å². The van der Waals surface area contributed by atoms with Crippen LogP contribution >= 0.6 is 0 Å². The van der Waals surface area contributed by atoms with E-state index in [0.717, 1.165) is 6.42 Å². The molecule has 11 heteroatoms. The van der Waals surface area contributed by atoms with Crippen molar-refractivity contribution in [2.45, 2.75) is 37.6 Å². The number of piperazine rings is 1. The highest BCUT2D eigenvalue weighted by atomic mass is 32.2. The number of hydrogen-bond acceptors (Lipinski definition) is 6. The molecule has 170 valence electrons. The Morgan fingerprint density at radius 2 is 1.77 bits per heavy atom. The van der Waals surface area contributed by atoms with E-state index in [1.54, 1.807) is 28.9 Å². The second-order valence-corrected chi connectivity index (χ2v) is 9.47. The van der Waals surface area contributed by atoms with Crippen LogP contribution in [-0.4, -0.2) is 81.2 Å². The van der Waals surface area contributed by atoms with Crippen LogP contribution in [0, 0.1) is 6.92 Å². The third-order valence-electron chi connectivity index (χ3n) is 5.78. The largest absolute Gasteiger partial charge is 0.339 e. The van der Waals surface area contributed by atoms with E-state index in [1.807, 2.05) is 0 Å². The van der Waals surface area contributed by atoms with Crippen molar-refractivity contribution >= 4 is 33.4 Å². The van der Waals surface area contributed by atoms with E-state index in [4.69, 9.17) is 5.73 Å². The molecule has 0 bridgehead atoms. The first-order valence-corrected chi connectivity index (χ1v) is 11.8. The number of carbonyl (C=O) groups is 3. The minimum atomic E-state index is -4.06. The first-order valence-electron chi connectivity index (χ1n) is 10.3. The van der Waals surface area contributed by atoms with Gasteiger partial charge in [-0.2, -0.15) is 4.72 Å². The molecular formula is C20H29N5O5S. The molecule has 1 aromatic carbocycles. The van der Waals surface area contributed by atoms with E-state index in [9.17, 15) is 22.8 Å². The molecular weight excluding hydrogens is 422 g/mol. The normalized spacial score (nSPS) is 18.4. The first kappa shape index (κ1) is 23.2. The Hall–Kier alpha value is -2.50. The summed E-state index contributed by atoms with van der Waals surface area (Å²) in [5, 5.41) is 0. The third kappa shape index (κ3) is 4.89. The van der Waals surface area contributed by atoms with Gasteiger partial charge in [0.25, 0.3) is 0 Å². The van der Waals surface area contributed by atoms with Crippen molar-refractivity contribution in [1.29, 1.82) is 0 Å². The molecule has 3 rings (SSSR count). The summed E-state index contributed by atoms with van der Waals surface area (Å²) in [4.78, 5) is 41.2. The second-order valence-electron chi connectivity index (χ2n) is 7.79. The van der Waals surface area contributed by atoms with E-state index in [1.165, 1.54) is 17.9 Å². The number of anilines is 1. The van der Waals surface area contributed by atoms with Gasteiger partial charge < -0.3 is 20.4 Å². The number of nitrogens with two attached hydrogens (primary N) is 1. The Balaban J connectivity index is 1.77. The fourth-order valence-electron chi connectivity index (χ4n) is 4.00. The molecule has 0 aliphatic carbocycles. The molecule has 2 aliphatic rings.